The Morgan fingerprint density at radius 1 is 0.500 bits per heavy atom. The third-order valence-corrected chi connectivity index (χ3v) is 9.93. The van der Waals surface area contributed by atoms with Crippen molar-refractivity contribution in [2.45, 2.75) is 5.41 Å². The van der Waals surface area contributed by atoms with Gasteiger partial charge in [-0.3, -0.25) is 0 Å². The highest BCUT2D eigenvalue weighted by atomic mass is 16.6. The molecule has 6 heteroatoms. The SMILES string of the molecule is [2H]c1ccc2c(c1)C1(C3=C(Oc4ccccc4O3)c3c1oc1ccccc31)c1cccc(-c3nc(-c4ccccc4)nc(-c4ccccc4)n3)c1-2. The highest BCUT2D eigenvalue weighted by molar-refractivity contribution is 6.02. The van der Waals surface area contributed by atoms with E-state index in [-0.39, 0.29) is 0 Å². The van der Waals surface area contributed by atoms with Crippen LogP contribution in [0.3, 0.4) is 0 Å². The summed E-state index contributed by atoms with van der Waals surface area (Å²) in [6.45, 7) is 0. The second-order valence-corrected chi connectivity index (χ2v) is 12.6. The largest absolute Gasteiger partial charge is 0.458 e. The molecule has 0 saturated heterocycles. The maximum absolute atomic E-state index is 8.87. The monoisotopic (exact) mass is 644 g/mol. The predicted molar refractivity (Wildman–Crippen MR) is 192 cm³/mol. The summed E-state index contributed by atoms with van der Waals surface area (Å²) in [5, 5.41) is 0.936. The fourth-order valence-electron chi connectivity index (χ4n) is 7.84. The van der Waals surface area contributed by atoms with Crippen molar-refractivity contribution in [2.24, 2.45) is 0 Å². The van der Waals surface area contributed by atoms with Crippen LogP contribution in [-0.4, -0.2) is 15.0 Å². The standard InChI is InChI=1S/C44H25N3O3/c1-3-14-26(15-4-1)41-45-42(27-16-5-2-6-17-27)47-43(46-41)30-20-13-22-32-36(30)28-18-7-9-21-31(28)44(32)39-37(29-19-8-10-23-33(29)49-39)38-40(44)50-35-25-12-11-24-34(35)48-38/h1-25H/i9D. The Balaban J connectivity index is 1.23. The Hall–Kier alpha value is -6.79. The smallest absolute Gasteiger partial charge is 0.179 e. The molecule has 0 saturated carbocycles. The van der Waals surface area contributed by atoms with Crippen LogP contribution in [0.1, 0.15) is 23.8 Å². The van der Waals surface area contributed by atoms with E-state index < -0.39 is 5.41 Å². The first-order valence-corrected chi connectivity index (χ1v) is 16.5. The number of allylic oxidation sites excluding steroid dienone is 1. The van der Waals surface area contributed by atoms with E-state index in [1.807, 2.05) is 127 Å². The first-order valence-electron chi connectivity index (χ1n) is 17.0. The summed E-state index contributed by atoms with van der Waals surface area (Å²) in [4.78, 5) is 15.2. The van der Waals surface area contributed by atoms with E-state index in [4.69, 9.17) is 30.2 Å². The highest BCUT2D eigenvalue weighted by Gasteiger charge is 2.60. The number of benzene rings is 6. The molecule has 1 atom stereocenters. The lowest BCUT2D eigenvalue weighted by Crippen LogP contribution is -2.31. The van der Waals surface area contributed by atoms with Gasteiger partial charge in [-0.2, -0.15) is 0 Å². The number of ether oxygens (including phenoxy) is 2. The second-order valence-electron chi connectivity index (χ2n) is 12.6. The number of furan rings is 1. The molecule has 50 heavy (non-hydrogen) atoms. The van der Waals surface area contributed by atoms with Gasteiger partial charge in [-0.15, -0.1) is 0 Å². The van der Waals surface area contributed by atoms with Crippen molar-refractivity contribution < 1.29 is 15.3 Å². The molecule has 1 unspecified atom stereocenters. The molecule has 8 aromatic rings. The molecule has 1 aliphatic heterocycles. The summed E-state index contributed by atoms with van der Waals surface area (Å²) >= 11 is 0. The summed E-state index contributed by atoms with van der Waals surface area (Å²) < 4.78 is 29.4. The van der Waals surface area contributed by atoms with Crippen LogP contribution in [0.4, 0.5) is 0 Å². The van der Waals surface area contributed by atoms with Crippen molar-refractivity contribution in [1.29, 1.82) is 0 Å². The van der Waals surface area contributed by atoms with Crippen molar-refractivity contribution >= 4 is 16.7 Å². The maximum Gasteiger partial charge on any atom is 0.179 e. The number of hydrogen-bond acceptors (Lipinski definition) is 6. The third-order valence-electron chi connectivity index (χ3n) is 9.93. The lowest BCUT2D eigenvalue weighted by molar-refractivity contribution is 0.306. The van der Waals surface area contributed by atoms with Crippen LogP contribution in [0, 0.1) is 0 Å². The van der Waals surface area contributed by atoms with Crippen molar-refractivity contribution in [3.63, 3.8) is 0 Å². The van der Waals surface area contributed by atoms with Crippen molar-refractivity contribution in [3.8, 4) is 56.8 Å². The normalized spacial score (nSPS) is 16.6. The average molecular weight is 645 g/mol. The molecule has 3 aliphatic rings. The van der Waals surface area contributed by atoms with E-state index in [1.54, 1.807) is 0 Å². The average Bonchev–Trinajstić information content (AvgIpc) is 3.80. The Morgan fingerprint density at radius 2 is 1.14 bits per heavy atom. The molecular formula is C44H25N3O3. The zero-order valence-corrected chi connectivity index (χ0v) is 26.4. The minimum Gasteiger partial charge on any atom is -0.458 e. The minimum absolute atomic E-state index is 0.379. The summed E-state index contributed by atoms with van der Waals surface area (Å²) in [6.07, 6.45) is 0. The van der Waals surface area contributed by atoms with Gasteiger partial charge < -0.3 is 13.9 Å². The number of para-hydroxylation sites is 3. The summed E-state index contributed by atoms with van der Waals surface area (Å²) in [5.41, 5.74) is 6.89. The Kier molecular flexibility index (Phi) is 5.30. The molecule has 234 valence electrons. The van der Waals surface area contributed by atoms with Crippen LogP contribution in [0.2, 0.25) is 0 Å². The van der Waals surface area contributed by atoms with Crippen LogP contribution in [-0.2, 0) is 5.41 Å². The fourth-order valence-corrected chi connectivity index (χ4v) is 7.84. The Morgan fingerprint density at radius 3 is 1.90 bits per heavy atom. The molecule has 2 aliphatic carbocycles. The first-order chi connectivity index (χ1) is 25.2. The van der Waals surface area contributed by atoms with Gasteiger partial charge >= 0.3 is 0 Å². The molecule has 0 radical (unpaired) electrons. The molecule has 6 nitrogen and oxygen atoms in total. The van der Waals surface area contributed by atoms with Crippen molar-refractivity contribution in [1.82, 2.24) is 15.0 Å². The number of aromatic nitrogens is 3. The Labute approximate surface area is 288 Å². The van der Waals surface area contributed by atoms with Gasteiger partial charge in [-0.1, -0.05) is 133 Å². The molecule has 6 aromatic carbocycles. The van der Waals surface area contributed by atoms with Crippen LogP contribution in [0.15, 0.2) is 162 Å². The summed E-state index contributed by atoms with van der Waals surface area (Å²) in [7, 11) is 0. The number of fused-ring (bicyclic) bond motifs is 12. The van der Waals surface area contributed by atoms with Gasteiger partial charge in [0.1, 0.15) is 16.8 Å². The fraction of sp³-hybridized carbons (Fsp3) is 0.0227. The molecule has 2 aromatic heterocycles. The molecule has 0 bridgehead atoms. The van der Waals surface area contributed by atoms with Crippen LogP contribution >= 0.6 is 0 Å². The molecule has 0 fully saturated rings. The lowest BCUT2D eigenvalue weighted by Gasteiger charge is -2.31. The quantitative estimate of drug-likeness (QED) is 0.191. The zero-order valence-electron chi connectivity index (χ0n) is 27.4. The van der Waals surface area contributed by atoms with Crippen LogP contribution in [0.5, 0.6) is 11.5 Å². The van der Waals surface area contributed by atoms with Gasteiger partial charge in [0.2, 0.25) is 0 Å². The van der Waals surface area contributed by atoms with E-state index in [9.17, 15) is 0 Å². The number of hydrogen-bond donors (Lipinski definition) is 0. The van der Waals surface area contributed by atoms with Gasteiger partial charge in [-0.05, 0) is 40.5 Å². The van der Waals surface area contributed by atoms with Crippen molar-refractivity contribution in [2.75, 3.05) is 0 Å². The lowest BCUT2D eigenvalue weighted by atomic mass is 9.76. The second kappa shape index (κ2) is 10.1. The van der Waals surface area contributed by atoms with E-state index in [2.05, 4.69) is 18.2 Å². The minimum atomic E-state index is -1.05. The Bertz CT molecular complexity index is 2720. The van der Waals surface area contributed by atoms with E-state index in [1.165, 1.54) is 0 Å². The van der Waals surface area contributed by atoms with E-state index >= 15 is 0 Å². The highest BCUT2D eigenvalue weighted by Crippen LogP contribution is 2.66. The molecule has 11 rings (SSSR count). The van der Waals surface area contributed by atoms with Crippen molar-refractivity contribution in [3.05, 3.63) is 180 Å². The van der Waals surface area contributed by atoms with Gasteiger partial charge in [0.05, 0.1) is 6.93 Å². The predicted octanol–water partition coefficient (Wildman–Crippen LogP) is 10.1. The molecule has 0 amide bonds. The third kappa shape index (κ3) is 3.59. The van der Waals surface area contributed by atoms with Gasteiger partial charge in [0.15, 0.2) is 40.5 Å². The van der Waals surface area contributed by atoms with Crippen LogP contribution < -0.4 is 9.47 Å². The number of rotatable bonds is 3. The van der Waals surface area contributed by atoms with E-state index in [0.717, 1.165) is 55.5 Å². The van der Waals surface area contributed by atoms with Crippen LogP contribution in [0.25, 0.3) is 62.0 Å². The first kappa shape index (κ1) is 26.2. The molecule has 1 spiro atoms. The van der Waals surface area contributed by atoms with Gasteiger partial charge in [0, 0.05) is 22.1 Å². The summed E-state index contributed by atoms with van der Waals surface area (Å²) in [5.74, 6) is 4.90. The van der Waals surface area contributed by atoms with Gasteiger partial charge in [0.25, 0.3) is 0 Å². The number of nitrogens with zero attached hydrogens (tertiary/aromatic N) is 3. The molecule has 0 N–H and O–H groups in total. The zero-order chi connectivity index (χ0) is 33.7. The van der Waals surface area contributed by atoms with E-state index in [0.29, 0.717) is 52.3 Å². The molecule has 3 heterocycles. The molecular weight excluding hydrogens is 619 g/mol. The van der Waals surface area contributed by atoms with Gasteiger partial charge in [-0.25, -0.2) is 15.0 Å². The summed E-state index contributed by atoms with van der Waals surface area (Å²) in [6, 6.07) is 48.1. The topological polar surface area (TPSA) is 70.3 Å². The maximum atomic E-state index is 8.87.